The Morgan fingerprint density at radius 2 is 1.71 bits per heavy atom. The molecule has 0 bridgehead atoms. The zero-order valence-corrected chi connectivity index (χ0v) is 16.2. The van der Waals surface area contributed by atoms with Gasteiger partial charge in [0.1, 0.15) is 5.75 Å². The zero-order valence-electron chi connectivity index (χ0n) is 15.4. The summed E-state index contributed by atoms with van der Waals surface area (Å²) in [6, 6.07) is 11.9. The topological polar surface area (TPSA) is 72.9 Å². The third-order valence-corrected chi connectivity index (χ3v) is 4.83. The van der Waals surface area contributed by atoms with Crippen LogP contribution in [0.1, 0.15) is 39.1 Å². The van der Waals surface area contributed by atoms with Crippen LogP contribution in [0.5, 0.6) is 5.75 Å². The van der Waals surface area contributed by atoms with Crippen molar-refractivity contribution in [1.82, 2.24) is 4.90 Å². The van der Waals surface area contributed by atoms with Crippen molar-refractivity contribution in [3.05, 3.63) is 64.2 Å². The maximum atomic E-state index is 12.2. The first-order chi connectivity index (χ1) is 13.5. The summed E-state index contributed by atoms with van der Waals surface area (Å²) in [6.45, 7) is 2.15. The minimum atomic E-state index is -0.478. The number of ether oxygens (including phenoxy) is 2. The molecule has 6 nitrogen and oxygen atoms in total. The molecule has 0 unspecified atom stereocenters. The van der Waals surface area contributed by atoms with Crippen LogP contribution in [0.4, 0.5) is 0 Å². The van der Waals surface area contributed by atoms with E-state index in [1.165, 1.54) is 4.90 Å². The zero-order chi connectivity index (χ0) is 20.1. The molecule has 146 valence electrons. The number of halogens is 1. The van der Waals surface area contributed by atoms with Crippen LogP contribution in [0, 0.1) is 6.92 Å². The van der Waals surface area contributed by atoms with Gasteiger partial charge in [0.15, 0.2) is 6.61 Å². The van der Waals surface area contributed by atoms with E-state index in [4.69, 9.17) is 21.1 Å². The highest BCUT2D eigenvalue weighted by atomic mass is 35.5. The highest BCUT2D eigenvalue weighted by Gasteiger charge is 2.34. The van der Waals surface area contributed by atoms with Crippen LogP contribution >= 0.6 is 11.6 Å². The average Bonchev–Trinajstić information content (AvgIpc) is 2.93. The summed E-state index contributed by atoms with van der Waals surface area (Å²) in [5, 5.41) is 0.632. The lowest BCUT2D eigenvalue weighted by Crippen LogP contribution is -2.30. The first kappa shape index (κ1) is 19.9. The molecule has 1 aliphatic heterocycles. The minimum Gasteiger partial charge on any atom is -0.482 e. The summed E-state index contributed by atoms with van der Waals surface area (Å²) in [6.07, 6.45) is 1.09. The van der Waals surface area contributed by atoms with Gasteiger partial charge in [0, 0.05) is 11.6 Å². The molecule has 0 atom stereocenters. The maximum absolute atomic E-state index is 12.2. The normalized spacial score (nSPS) is 12.9. The van der Waals surface area contributed by atoms with Crippen molar-refractivity contribution in [2.75, 3.05) is 19.8 Å². The van der Waals surface area contributed by atoms with Gasteiger partial charge in [-0.25, -0.2) is 4.79 Å². The summed E-state index contributed by atoms with van der Waals surface area (Å²) in [5.41, 5.74) is 1.74. The first-order valence-electron chi connectivity index (χ1n) is 8.97. The Hall–Kier alpha value is -2.86. The lowest BCUT2D eigenvalue weighted by molar-refractivity contribution is -0.146. The van der Waals surface area contributed by atoms with Gasteiger partial charge in [-0.2, -0.15) is 0 Å². The summed E-state index contributed by atoms with van der Waals surface area (Å²) in [4.78, 5) is 37.5. The van der Waals surface area contributed by atoms with Crippen molar-refractivity contribution in [2.24, 2.45) is 0 Å². The number of amides is 2. The first-order valence-corrected chi connectivity index (χ1v) is 9.35. The molecule has 0 fully saturated rings. The Morgan fingerprint density at radius 3 is 2.36 bits per heavy atom. The third kappa shape index (κ3) is 4.51. The number of aryl methyl sites for hydroxylation is 1. The molecular weight excluding hydrogens is 382 g/mol. The number of hydrogen-bond donors (Lipinski definition) is 0. The lowest BCUT2D eigenvalue weighted by Gasteiger charge is -2.13. The fraction of sp³-hybridized carbons (Fsp3) is 0.286. The predicted molar refractivity (Wildman–Crippen MR) is 104 cm³/mol. The van der Waals surface area contributed by atoms with E-state index in [0.29, 0.717) is 41.3 Å². The van der Waals surface area contributed by atoms with E-state index in [0.717, 1.165) is 5.56 Å². The van der Waals surface area contributed by atoms with E-state index >= 15 is 0 Å². The quantitative estimate of drug-likeness (QED) is 0.383. The molecule has 0 saturated carbocycles. The Bertz CT molecular complexity index is 876. The number of fused-ring (bicyclic) bond motifs is 1. The van der Waals surface area contributed by atoms with Crippen LogP contribution in [0.2, 0.25) is 5.02 Å². The third-order valence-electron chi connectivity index (χ3n) is 4.40. The van der Waals surface area contributed by atoms with E-state index in [1.54, 1.807) is 42.5 Å². The van der Waals surface area contributed by atoms with Crippen LogP contribution in [0.3, 0.4) is 0 Å². The molecule has 0 aliphatic carbocycles. The van der Waals surface area contributed by atoms with Crippen LogP contribution < -0.4 is 4.74 Å². The van der Waals surface area contributed by atoms with Crippen LogP contribution in [0.15, 0.2) is 42.5 Å². The minimum absolute atomic E-state index is 0.195. The molecule has 28 heavy (non-hydrogen) atoms. The highest BCUT2D eigenvalue weighted by molar-refractivity contribution is 6.31. The number of imide groups is 1. The van der Waals surface area contributed by atoms with Crippen LogP contribution in [0.25, 0.3) is 0 Å². The van der Waals surface area contributed by atoms with Gasteiger partial charge in [-0.15, -0.1) is 0 Å². The Balaban J connectivity index is 1.35. The molecule has 2 amide bonds. The number of hydrogen-bond acceptors (Lipinski definition) is 5. The summed E-state index contributed by atoms with van der Waals surface area (Å²) < 4.78 is 10.5. The SMILES string of the molecule is Cc1cc(OCC(=O)OCCCCN2C(=O)c3ccccc3C2=O)ccc1Cl. The van der Waals surface area contributed by atoms with Gasteiger partial charge < -0.3 is 9.47 Å². The van der Waals surface area contributed by atoms with Crippen molar-refractivity contribution >= 4 is 29.4 Å². The Morgan fingerprint density at radius 1 is 1.04 bits per heavy atom. The van der Waals surface area contributed by atoms with Gasteiger partial charge in [0.2, 0.25) is 0 Å². The predicted octanol–water partition coefficient (Wildman–Crippen LogP) is 3.65. The van der Waals surface area contributed by atoms with E-state index < -0.39 is 5.97 Å². The van der Waals surface area contributed by atoms with Crippen molar-refractivity contribution in [1.29, 1.82) is 0 Å². The molecule has 1 aliphatic rings. The monoisotopic (exact) mass is 401 g/mol. The van der Waals surface area contributed by atoms with Crippen molar-refractivity contribution in [3.63, 3.8) is 0 Å². The smallest absolute Gasteiger partial charge is 0.344 e. The summed E-state index contributed by atoms with van der Waals surface area (Å²) in [5.74, 6) is -0.480. The van der Waals surface area contributed by atoms with Gasteiger partial charge in [-0.1, -0.05) is 23.7 Å². The summed E-state index contributed by atoms with van der Waals surface area (Å²) in [7, 11) is 0. The fourth-order valence-corrected chi connectivity index (χ4v) is 3.01. The van der Waals surface area contributed by atoms with Crippen molar-refractivity contribution < 1.29 is 23.9 Å². The number of rotatable bonds is 8. The van der Waals surface area contributed by atoms with E-state index in [-0.39, 0.29) is 25.0 Å². The van der Waals surface area contributed by atoms with Crippen LogP contribution in [-0.4, -0.2) is 42.4 Å². The van der Waals surface area contributed by atoms with Gasteiger partial charge in [0.25, 0.3) is 11.8 Å². The molecule has 3 rings (SSSR count). The Kier molecular flexibility index (Phi) is 6.31. The second-order valence-electron chi connectivity index (χ2n) is 6.43. The molecular formula is C21H20ClNO5. The van der Waals surface area contributed by atoms with E-state index in [1.807, 2.05) is 6.92 Å². The van der Waals surface area contributed by atoms with Gasteiger partial charge in [0.05, 0.1) is 17.7 Å². The molecule has 0 saturated heterocycles. The lowest BCUT2D eigenvalue weighted by atomic mass is 10.1. The second-order valence-corrected chi connectivity index (χ2v) is 6.84. The number of unbranched alkanes of at least 4 members (excludes halogenated alkanes) is 1. The number of esters is 1. The molecule has 0 N–H and O–H groups in total. The van der Waals surface area contributed by atoms with E-state index in [9.17, 15) is 14.4 Å². The molecule has 1 heterocycles. The summed E-state index contributed by atoms with van der Waals surface area (Å²) >= 11 is 5.94. The number of carbonyl (C=O) groups excluding carboxylic acids is 3. The number of benzene rings is 2. The standard InChI is InChI=1S/C21H20ClNO5/c1-14-12-15(8-9-18(14)22)28-13-19(24)27-11-5-4-10-23-20(25)16-6-2-3-7-17(16)21(23)26/h2-3,6-9,12H,4-5,10-11,13H2,1H3. The molecule has 2 aromatic carbocycles. The van der Waals surface area contributed by atoms with Gasteiger partial charge >= 0.3 is 5.97 Å². The molecule has 7 heteroatoms. The number of carbonyl (C=O) groups is 3. The fourth-order valence-electron chi connectivity index (χ4n) is 2.89. The van der Waals surface area contributed by atoms with Gasteiger partial charge in [-0.3, -0.25) is 14.5 Å². The van der Waals surface area contributed by atoms with Gasteiger partial charge in [-0.05, 0) is 55.7 Å². The largest absolute Gasteiger partial charge is 0.482 e. The second kappa shape index (κ2) is 8.89. The highest BCUT2D eigenvalue weighted by Crippen LogP contribution is 2.23. The van der Waals surface area contributed by atoms with E-state index in [2.05, 4.69) is 0 Å². The average molecular weight is 402 g/mol. The molecule has 0 radical (unpaired) electrons. The molecule has 0 aromatic heterocycles. The molecule has 0 spiro atoms. The Labute approximate surface area is 168 Å². The molecule has 2 aromatic rings. The maximum Gasteiger partial charge on any atom is 0.344 e. The van der Waals surface area contributed by atoms with Crippen molar-refractivity contribution in [3.8, 4) is 5.75 Å². The van der Waals surface area contributed by atoms with Crippen molar-refractivity contribution in [2.45, 2.75) is 19.8 Å². The van der Waals surface area contributed by atoms with Crippen LogP contribution in [-0.2, 0) is 9.53 Å². The number of nitrogens with zero attached hydrogens (tertiary/aromatic N) is 1.